The molecule has 0 aromatic heterocycles. The summed E-state index contributed by atoms with van der Waals surface area (Å²) in [4.78, 5) is 21.7. The summed E-state index contributed by atoms with van der Waals surface area (Å²) in [6.45, 7) is 1.47. The van der Waals surface area contributed by atoms with Gasteiger partial charge in [-0.25, -0.2) is 0 Å². The molecule has 0 bridgehead atoms. The number of allylic oxidation sites excluding steroid dienone is 1. The van der Waals surface area contributed by atoms with Crippen LogP contribution in [0.2, 0.25) is 0 Å². The summed E-state index contributed by atoms with van der Waals surface area (Å²) >= 11 is 0. The summed E-state index contributed by atoms with van der Waals surface area (Å²) in [6, 6.07) is 0. The standard InChI is InChI=1S/C7H10N2O3/c1-7(8)5(6(11)12)4(10)2-3-9-7/h2-3,5,9H,8H2,1H3,(H,11,12). The molecule has 0 aromatic rings. The molecule has 5 nitrogen and oxygen atoms in total. The number of hydrogen-bond donors (Lipinski definition) is 3. The Morgan fingerprint density at radius 3 is 2.75 bits per heavy atom. The van der Waals surface area contributed by atoms with E-state index < -0.39 is 23.3 Å². The van der Waals surface area contributed by atoms with Gasteiger partial charge in [0.15, 0.2) is 11.7 Å². The number of carbonyl (C=O) groups excluding carboxylic acids is 1. The lowest BCUT2D eigenvalue weighted by atomic mass is 9.88. The van der Waals surface area contributed by atoms with E-state index in [1.807, 2.05) is 0 Å². The van der Waals surface area contributed by atoms with Crippen molar-refractivity contribution in [2.24, 2.45) is 11.7 Å². The van der Waals surface area contributed by atoms with Gasteiger partial charge in [-0.3, -0.25) is 9.59 Å². The maximum atomic E-state index is 11.1. The van der Waals surface area contributed by atoms with Crippen LogP contribution in [-0.4, -0.2) is 22.5 Å². The molecule has 0 saturated carbocycles. The van der Waals surface area contributed by atoms with Crippen LogP contribution < -0.4 is 11.1 Å². The minimum Gasteiger partial charge on any atom is -0.481 e. The highest BCUT2D eigenvalue weighted by Crippen LogP contribution is 2.17. The summed E-state index contributed by atoms with van der Waals surface area (Å²) in [6.07, 6.45) is 2.54. The SMILES string of the molecule is CC1(N)NC=CC(=O)C1C(=O)O. The lowest BCUT2D eigenvalue weighted by Gasteiger charge is -2.32. The average Bonchev–Trinajstić information content (AvgIpc) is 1.82. The molecule has 0 radical (unpaired) electrons. The lowest BCUT2D eigenvalue weighted by Crippen LogP contribution is -2.61. The molecule has 1 aliphatic heterocycles. The largest absolute Gasteiger partial charge is 0.481 e. The first-order valence-corrected chi connectivity index (χ1v) is 3.45. The predicted molar refractivity (Wildman–Crippen MR) is 41.0 cm³/mol. The number of carboxylic acid groups (broad SMARTS) is 1. The number of nitrogens with two attached hydrogens (primary N) is 1. The molecule has 0 aromatic carbocycles. The summed E-state index contributed by atoms with van der Waals surface area (Å²) in [5.41, 5.74) is 4.35. The molecule has 0 saturated heterocycles. The van der Waals surface area contributed by atoms with Crippen molar-refractivity contribution < 1.29 is 14.7 Å². The van der Waals surface area contributed by atoms with Crippen molar-refractivity contribution in [3.05, 3.63) is 12.3 Å². The third-order valence-electron chi connectivity index (χ3n) is 1.77. The fraction of sp³-hybridized carbons (Fsp3) is 0.429. The van der Waals surface area contributed by atoms with Gasteiger partial charge >= 0.3 is 5.97 Å². The van der Waals surface area contributed by atoms with Crippen LogP contribution in [0.3, 0.4) is 0 Å². The van der Waals surface area contributed by atoms with Crippen LogP contribution in [0.15, 0.2) is 12.3 Å². The Bertz CT molecular complexity index is 257. The highest BCUT2D eigenvalue weighted by molar-refractivity contribution is 6.06. The molecule has 0 fully saturated rings. The van der Waals surface area contributed by atoms with Gasteiger partial charge in [-0.1, -0.05) is 0 Å². The van der Waals surface area contributed by atoms with Crippen molar-refractivity contribution in [1.29, 1.82) is 0 Å². The van der Waals surface area contributed by atoms with Crippen molar-refractivity contribution >= 4 is 11.8 Å². The first-order chi connectivity index (χ1) is 5.45. The van der Waals surface area contributed by atoms with Crippen LogP contribution in [0.5, 0.6) is 0 Å². The Kier molecular flexibility index (Phi) is 1.89. The van der Waals surface area contributed by atoms with E-state index in [4.69, 9.17) is 10.8 Å². The molecular weight excluding hydrogens is 160 g/mol. The van der Waals surface area contributed by atoms with Crippen LogP contribution in [0.4, 0.5) is 0 Å². The van der Waals surface area contributed by atoms with E-state index in [9.17, 15) is 9.59 Å². The zero-order valence-electron chi connectivity index (χ0n) is 6.57. The average molecular weight is 170 g/mol. The number of aliphatic carboxylic acids is 1. The van der Waals surface area contributed by atoms with Gasteiger partial charge in [0.05, 0.1) is 0 Å². The van der Waals surface area contributed by atoms with Gasteiger partial charge in [0.2, 0.25) is 0 Å². The lowest BCUT2D eigenvalue weighted by molar-refractivity contribution is -0.148. The molecule has 1 rings (SSSR count). The number of carboxylic acids is 1. The van der Waals surface area contributed by atoms with Crippen LogP contribution in [0, 0.1) is 5.92 Å². The maximum Gasteiger partial charge on any atom is 0.318 e. The molecule has 0 spiro atoms. The van der Waals surface area contributed by atoms with E-state index in [1.54, 1.807) is 0 Å². The molecule has 5 heteroatoms. The van der Waals surface area contributed by atoms with Gasteiger partial charge < -0.3 is 16.2 Å². The minimum atomic E-state index is -1.21. The molecule has 1 aliphatic rings. The minimum absolute atomic E-state index is 0.480. The van der Waals surface area contributed by atoms with Gasteiger partial charge in [-0.2, -0.15) is 0 Å². The van der Waals surface area contributed by atoms with Crippen LogP contribution in [-0.2, 0) is 9.59 Å². The zero-order valence-corrected chi connectivity index (χ0v) is 6.57. The molecule has 12 heavy (non-hydrogen) atoms. The first-order valence-electron chi connectivity index (χ1n) is 3.45. The van der Waals surface area contributed by atoms with E-state index in [2.05, 4.69) is 5.32 Å². The molecule has 4 N–H and O–H groups in total. The smallest absolute Gasteiger partial charge is 0.318 e. The van der Waals surface area contributed by atoms with Crippen molar-refractivity contribution in [2.75, 3.05) is 0 Å². The third-order valence-corrected chi connectivity index (χ3v) is 1.77. The highest BCUT2D eigenvalue weighted by atomic mass is 16.4. The Hall–Kier alpha value is -1.36. The van der Waals surface area contributed by atoms with E-state index in [0.717, 1.165) is 0 Å². The van der Waals surface area contributed by atoms with Gasteiger partial charge in [0.25, 0.3) is 0 Å². The van der Waals surface area contributed by atoms with Crippen molar-refractivity contribution in [3.63, 3.8) is 0 Å². The van der Waals surface area contributed by atoms with Gasteiger partial charge in [-0.05, 0) is 13.0 Å². The third kappa shape index (κ3) is 1.31. The van der Waals surface area contributed by atoms with E-state index in [0.29, 0.717) is 0 Å². The Morgan fingerprint density at radius 1 is 1.83 bits per heavy atom. The van der Waals surface area contributed by atoms with E-state index >= 15 is 0 Å². The number of rotatable bonds is 1. The second-order valence-electron chi connectivity index (χ2n) is 2.93. The number of hydrogen-bond acceptors (Lipinski definition) is 4. The fourth-order valence-corrected chi connectivity index (χ4v) is 1.16. The van der Waals surface area contributed by atoms with Crippen molar-refractivity contribution in [1.82, 2.24) is 5.32 Å². The normalized spacial score (nSPS) is 34.5. The van der Waals surface area contributed by atoms with Gasteiger partial charge in [0, 0.05) is 6.20 Å². The Labute approximate surface area is 69.2 Å². The van der Waals surface area contributed by atoms with Gasteiger partial charge in [-0.15, -0.1) is 0 Å². The molecule has 1 heterocycles. The second kappa shape index (κ2) is 2.60. The van der Waals surface area contributed by atoms with Crippen LogP contribution >= 0.6 is 0 Å². The summed E-state index contributed by atoms with van der Waals surface area (Å²) < 4.78 is 0. The monoisotopic (exact) mass is 170 g/mol. The predicted octanol–water partition coefficient (Wildman–Crippen LogP) is -0.952. The molecule has 2 unspecified atom stereocenters. The topological polar surface area (TPSA) is 92.4 Å². The number of nitrogens with one attached hydrogen (secondary N) is 1. The van der Waals surface area contributed by atoms with Crippen LogP contribution in [0.1, 0.15) is 6.92 Å². The maximum absolute atomic E-state index is 11.1. The Balaban J connectivity index is 3.00. The van der Waals surface area contributed by atoms with Crippen LogP contribution in [0.25, 0.3) is 0 Å². The summed E-state index contributed by atoms with van der Waals surface area (Å²) in [5, 5.41) is 11.3. The molecular formula is C7H10N2O3. The summed E-state index contributed by atoms with van der Waals surface area (Å²) in [5.74, 6) is -2.89. The fourth-order valence-electron chi connectivity index (χ4n) is 1.16. The van der Waals surface area contributed by atoms with Crippen molar-refractivity contribution in [3.8, 4) is 0 Å². The highest BCUT2D eigenvalue weighted by Gasteiger charge is 2.41. The molecule has 2 atom stereocenters. The van der Waals surface area contributed by atoms with E-state index in [1.165, 1.54) is 19.2 Å². The second-order valence-corrected chi connectivity index (χ2v) is 2.93. The van der Waals surface area contributed by atoms with E-state index in [-0.39, 0.29) is 0 Å². The Morgan fingerprint density at radius 2 is 2.42 bits per heavy atom. The quantitative estimate of drug-likeness (QED) is 0.441. The number of carbonyl (C=O) groups is 2. The molecule has 0 amide bonds. The van der Waals surface area contributed by atoms with Gasteiger partial charge in [0.1, 0.15) is 5.66 Å². The molecule has 66 valence electrons. The molecule has 0 aliphatic carbocycles. The summed E-state index contributed by atoms with van der Waals surface area (Å²) in [7, 11) is 0. The zero-order chi connectivity index (χ0) is 9.35. The number of ketones is 1. The first kappa shape index (κ1) is 8.73. The van der Waals surface area contributed by atoms with Crippen molar-refractivity contribution in [2.45, 2.75) is 12.6 Å².